The van der Waals surface area contributed by atoms with E-state index in [0.717, 1.165) is 28.5 Å². The summed E-state index contributed by atoms with van der Waals surface area (Å²) in [5.41, 5.74) is 2.89. The predicted molar refractivity (Wildman–Crippen MR) is 107 cm³/mol. The number of fused-ring (bicyclic) bond motifs is 1. The number of anilines is 1. The zero-order valence-corrected chi connectivity index (χ0v) is 16.4. The second-order valence-electron chi connectivity index (χ2n) is 6.12. The third-order valence-corrected chi connectivity index (χ3v) is 6.91. The van der Waals surface area contributed by atoms with Crippen molar-refractivity contribution in [3.8, 4) is 11.4 Å². The van der Waals surface area contributed by atoms with E-state index in [0.29, 0.717) is 0 Å². The lowest BCUT2D eigenvalue weighted by molar-refractivity contribution is -0.115. The molecular weight excluding hydrogens is 366 g/mol. The number of aryl methyl sites for hydroxylation is 1. The SMILES string of the molecule is COc1ccc(-n2nc(C)c3c2NC(=O)[C@H](C)S[C@@H]3c2cccs2)cc1. The molecule has 5 nitrogen and oxygen atoms in total. The molecule has 0 spiro atoms. The van der Waals surface area contributed by atoms with Gasteiger partial charge in [0.05, 0.1) is 29.0 Å². The summed E-state index contributed by atoms with van der Waals surface area (Å²) in [7, 11) is 1.64. The zero-order chi connectivity index (χ0) is 18.3. The van der Waals surface area contributed by atoms with Crippen LogP contribution in [0.15, 0.2) is 41.8 Å². The Kier molecular flexibility index (Phi) is 4.50. The van der Waals surface area contributed by atoms with Crippen LogP contribution in [0.25, 0.3) is 5.69 Å². The van der Waals surface area contributed by atoms with Crippen molar-refractivity contribution >= 4 is 34.8 Å². The van der Waals surface area contributed by atoms with Crippen LogP contribution in [0.1, 0.15) is 28.3 Å². The fourth-order valence-corrected chi connectivity index (χ4v) is 5.35. The summed E-state index contributed by atoms with van der Waals surface area (Å²) in [6.45, 7) is 3.95. The van der Waals surface area contributed by atoms with Gasteiger partial charge in [-0.2, -0.15) is 5.10 Å². The molecule has 1 amide bonds. The average Bonchev–Trinajstić information content (AvgIpc) is 3.26. The van der Waals surface area contributed by atoms with E-state index in [-0.39, 0.29) is 16.4 Å². The van der Waals surface area contributed by atoms with Crippen molar-refractivity contribution in [2.75, 3.05) is 12.4 Å². The van der Waals surface area contributed by atoms with Crippen molar-refractivity contribution in [1.29, 1.82) is 0 Å². The summed E-state index contributed by atoms with van der Waals surface area (Å²) in [6.07, 6.45) is 0. The maximum atomic E-state index is 12.6. The van der Waals surface area contributed by atoms with E-state index in [9.17, 15) is 4.79 Å². The molecule has 3 aromatic rings. The Morgan fingerprint density at radius 3 is 2.65 bits per heavy atom. The molecule has 2 atom stereocenters. The number of carbonyl (C=O) groups excluding carboxylic acids is 1. The number of methoxy groups -OCH3 is 1. The molecule has 2 aromatic heterocycles. The van der Waals surface area contributed by atoms with Gasteiger partial charge in [0.1, 0.15) is 11.6 Å². The molecule has 0 radical (unpaired) electrons. The Morgan fingerprint density at radius 2 is 2.00 bits per heavy atom. The molecule has 134 valence electrons. The lowest BCUT2D eigenvalue weighted by atomic mass is 10.1. The van der Waals surface area contributed by atoms with Crippen molar-refractivity contribution in [3.05, 3.63) is 57.9 Å². The van der Waals surface area contributed by atoms with Crippen molar-refractivity contribution < 1.29 is 9.53 Å². The van der Waals surface area contributed by atoms with Crippen LogP contribution in [0.5, 0.6) is 5.75 Å². The number of rotatable bonds is 3. The van der Waals surface area contributed by atoms with Gasteiger partial charge in [0.15, 0.2) is 0 Å². The second-order valence-corrected chi connectivity index (χ2v) is 8.55. The molecule has 26 heavy (non-hydrogen) atoms. The van der Waals surface area contributed by atoms with E-state index >= 15 is 0 Å². The maximum absolute atomic E-state index is 12.6. The summed E-state index contributed by atoms with van der Waals surface area (Å²) in [6, 6.07) is 11.8. The number of aromatic nitrogens is 2. The van der Waals surface area contributed by atoms with Crippen LogP contribution >= 0.6 is 23.1 Å². The molecular formula is C19H19N3O2S2. The third kappa shape index (κ3) is 2.91. The number of hydrogen-bond acceptors (Lipinski definition) is 5. The monoisotopic (exact) mass is 385 g/mol. The minimum absolute atomic E-state index is 0.00460. The quantitative estimate of drug-likeness (QED) is 0.725. The van der Waals surface area contributed by atoms with Crippen LogP contribution in [0.4, 0.5) is 5.82 Å². The molecule has 0 unspecified atom stereocenters. The number of hydrogen-bond donors (Lipinski definition) is 1. The molecule has 1 N–H and O–H groups in total. The Hall–Kier alpha value is -2.25. The summed E-state index contributed by atoms with van der Waals surface area (Å²) in [5.74, 6) is 1.55. The summed E-state index contributed by atoms with van der Waals surface area (Å²) >= 11 is 3.38. The van der Waals surface area contributed by atoms with Crippen LogP contribution in [-0.4, -0.2) is 28.0 Å². The predicted octanol–water partition coefficient (Wildman–Crippen LogP) is 4.41. The van der Waals surface area contributed by atoms with Crippen molar-refractivity contribution in [2.24, 2.45) is 0 Å². The van der Waals surface area contributed by atoms with Gasteiger partial charge in [-0.1, -0.05) is 6.07 Å². The van der Waals surface area contributed by atoms with Crippen molar-refractivity contribution in [1.82, 2.24) is 9.78 Å². The van der Waals surface area contributed by atoms with Gasteiger partial charge in [-0.05, 0) is 49.6 Å². The summed E-state index contributed by atoms with van der Waals surface area (Å²) in [5, 5.41) is 9.85. The van der Waals surface area contributed by atoms with Crippen LogP contribution in [0.3, 0.4) is 0 Å². The molecule has 4 rings (SSSR count). The summed E-state index contributed by atoms with van der Waals surface area (Å²) < 4.78 is 7.06. The fraction of sp³-hybridized carbons (Fsp3) is 0.263. The average molecular weight is 386 g/mol. The fourth-order valence-electron chi connectivity index (χ4n) is 3.09. The van der Waals surface area contributed by atoms with Crippen molar-refractivity contribution in [3.63, 3.8) is 0 Å². The Labute approximate surface area is 160 Å². The largest absolute Gasteiger partial charge is 0.497 e. The lowest BCUT2D eigenvalue weighted by Gasteiger charge is -2.15. The van der Waals surface area contributed by atoms with Gasteiger partial charge in [0.25, 0.3) is 0 Å². The molecule has 7 heteroatoms. The third-order valence-electron chi connectivity index (χ3n) is 4.44. The topological polar surface area (TPSA) is 56.1 Å². The van der Waals surface area contributed by atoms with Crippen LogP contribution in [-0.2, 0) is 4.79 Å². The molecule has 0 saturated carbocycles. The van der Waals surface area contributed by atoms with Gasteiger partial charge in [-0.15, -0.1) is 23.1 Å². The Bertz CT molecular complexity index is 933. The van der Waals surface area contributed by atoms with Gasteiger partial charge in [0.2, 0.25) is 5.91 Å². The smallest absolute Gasteiger partial charge is 0.238 e. The number of carbonyl (C=O) groups is 1. The van der Waals surface area contributed by atoms with Crippen LogP contribution < -0.4 is 10.1 Å². The first-order valence-electron chi connectivity index (χ1n) is 8.32. The minimum Gasteiger partial charge on any atom is -0.497 e. The van der Waals surface area contributed by atoms with Crippen molar-refractivity contribution in [2.45, 2.75) is 24.3 Å². The van der Waals surface area contributed by atoms with Gasteiger partial charge >= 0.3 is 0 Å². The highest BCUT2D eigenvalue weighted by atomic mass is 32.2. The van der Waals surface area contributed by atoms with Gasteiger partial charge < -0.3 is 10.1 Å². The zero-order valence-electron chi connectivity index (χ0n) is 14.7. The molecule has 1 aliphatic rings. The maximum Gasteiger partial charge on any atom is 0.238 e. The van der Waals surface area contributed by atoms with Gasteiger partial charge in [0, 0.05) is 10.4 Å². The second kappa shape index (κ2) is 6.81. The highest BCUT2D eigenvalue weighted by molar-refractivity contribution is 8.01. The first kappa shape index (κ1) is 17.2. The van der Waals surface area contributed by atoms with Crippen LogP contribution in [0, 0.1) is 6.92 Å². The Morgan fingerprint density at radius 1 is 1.23 bits per heavy atom. The highest BCUT2D eigenvalue weighted by Crippen LogP contribution is 2.47. The molecule has 1 aliphatic heterocycles. The van der Waals surface area contributed by atoms with E-state index in [4.69, 9.17) is 9.84 Å². The van der Waals surface area contributed by atoms with E-state index in [2.05, 4.69) is 16.8 Å². The normalized spacial score (nSPS) is 19.6. The lowest BCUT2D eigenvalue weighted by Crippen LogP contribution is -2.22. The Balaban J connectivity index is 1.87. The van der Waals surface area contributed by atoms with Crippen LogP contribution in [0.2, 0.25) is 0 Å². The highest BCUT2D eigenvalue weighted by Gasteiger charge is 2.34. The van der Waals surface area contributed by atoms with E-state index in [1.165, 1.54) is 4.88 Å². The minimum atomic E-state index is -0.141. The molecule has 3 heterocycles. The first-order valence-corrected chi connectivity index (χ1v) is 10.1. The number of thioether (sulfide) groups is 1. The standard InChI is InChI=1S/C19H19N3O2S2/c1-11-16-17(15-5-4-10-25-15)26-12(2)19(23)20-18(16)22(21-11)13-6-8-14(24-3)9-7-13/h4-10,12,17H,1-3H3,(H,20,23)/t12-,17+/m0/s1. The molecule has 1 aromatic carbocycles. The van der Waals surface area contributed by atoms with E-state index in [1.54, 1.807) is 30.2 Å². The van der Waals surface area contributed by atoms with Gasteiger partial charge in [-0.3, -0.25) is 4.79 Å². The van der Waals surface area contributed by atoms with Gasteiger partial charge in [-0.25, -0.2) is 4.68 Å². The number of benzene rings is 1. The number of nitrogens with one attached hydrogen (secondary N) is 1. The van der Waals surface area contributed by atoms with E-state index in [1.807, 2.05) is 48.9 Å². The number of nitrogens with zero attached hydrogens (tertiary/aromatic N) is 2. The van der Waals surface area contributed by atoms with E-state index < -0.39 is 0 Å². The number of ether oxygens (including phenoxy) is 1. The first-order chi connectivity index (χ1) is 12.6. The number of thiophene rings is 1. The summed E-state index contributed by atoms with van der Waals surface area (Å²) in [4.78, 5) is 13.8. The molecule has 0 fully saturated rings. The number of amides is 1. The molecule has 0 saturated heterocycles. The molecule has 0 bridgehead atoms. The molecule has 0 aliphatic carbocycles.